The molecular formula is C13H12BrFN2O. The van der Waals surface area contributed by atoms with E-state index in [0.717, 1.165) is 10.0 Å². The standard InChI is InChI=1S/C13H12BrFN2O/c14-10-6-11(8-17-7-10)18-13-9(4-5-16)2-1-3-12(13)15/h1-3,6-8H,4-5,16H2. The predicted octanol–water partition coefficient (Wildman–Crippen LogP) is 3.28. The Morgan fingerprint density at radius 3 is 2.89 bits per heavy atom. The summed E-state index contributed by atoms with van der Waals surface area (Å²) in [7, 11) is 0. The fourth-order valence-corrected chi connectivity index (χ4v) is 1.93. The van der Waals surface area contributed by atoms with Gasteiger partial charge >= 0.3 is 0 Å². The van der Waals surface area contributed by atoms with Gasteiger partial charge in [0.2, 0.25) is 0 Å². The molecule has 0 fully saturated rings. The molecule has 94 valence electrons. The quantitative estimate of drug-likeness (QED) is 0.942. The molecule has 0 atom stereocenters. The number of pyridine rings is 1. The lowest BCUT2D eigenvalue weighted by atomic mass is 10.1. The number of rotatable bonds is 4. The minimum atomic E-state index is -0.402. The molecule has 2 rings (SSSR count). The smallest absolute Gasteiger partial charge is 0.166 e. The molecule has 1 aromatic carbocycles. The largest absolute Gasteiger partial charge is 0.452 e. The van der Waals surface area contributed by atoms with E-state index in [4.69, 9.17) is 10.5 Å². The van der Waals surface area contributed by atoms with Gasteiger partial charge in [-0.25, -0.2) is 4.39 Å². The molecule has 5 heteroatoms. The van der Waals surface area contributed by atoms with E-state index in [0.29, 0.717) is 18.7 Å². The van der Waals surface area contributed by atoms with Crippen LogP contribution in [0, 0.1) is 5.82 Å². The number of halogens is 2. The maximum Gasteiger partial charge on any atom is 0.166 e. The Morgan fingerprint density at radius 1 is 1.33 bits per heavy atom. The first kappa shape index (κ1) is 13.0. The molecule has 0 spiro atoms. The molecule has 0 saturated carbocycles. The Balaban J connectivity index is 2.33. The lowest BCUT2D eigenvalue weighted by molar-refractivity contribution is 0.434. The molecule has 0 aliphatic carbocycles. The van der Waals surface area contributed by atoms with Gasteiger partial charge in [-0.3, -0.25) is 4.98 Å². The summed E-state index contributed by atoms with van der Waals surface area (Å²) >= 11 is 3.29. The normalized spacial score (nSPS) is 10.4. The van der Waals surface area contributed by atoms with E-state index in [2.05, 4.69) is 20.9 Å². The highest BCUT2D eigenvalue weighted by Gasteiger charge is 2.10. The van der Waals surface area contributed by atoms with Gasteiger partial charge in [-0.05, 0) is 46.6 Å². The van der Waals surface area contributed by atoms with E-state index in [-0.39, 0.29) is 5.75 Å². The van der Waals surface area contributed by atoms with Crippen molar-refractivity contribution >= 4 is 15.9 Å². The highest BCUT2D eigenvalue weighted by molar-refractivity contribution is 9.10. The Labute approximate surface area is 113 Å². The van der Waals surface area contributed by atoms with Crippen LogP contribution in [0.3, 0.4) is 0 Å². The van der Waals surface area contributed by atoms with Crippen LogP contribution in [0.25, 0.3) is 0 Å². The van der Waals surface area contributed by atoms with Crippen LogP contribution >= 0.6 is 15.9 Å². The second kappa shape index (κ2) is 5.93. The Kier molecular flexibility index (Phi) is 4.28. The van der Waals surface area contributed by atoms with E-state index in [1.165, 1.54) is 12.3 Å². The molecule has 0 unspecified atom stereocenters. The second-order valence-corrected chi connectivity index (χ2v) is 4.62. The molecule has 1 aromatic heterocycles. The maximum absolute atomic E-state index is 13.8. The summed E-state index contributed by atoms with van der Waals surface area (Å²) in [5.74, 6) is 0.288. The molecule has 0 aliphatic rings. The summed E-state index contributed by atoms with van der Waals surface area (Å²) in [5.41, 5.74) is 6.25. The van der Waals surface area contributed by atoms with Gasteiger partial charge in [-0.2, -0.15) is 0 Å². The van der Waals surface area contributed by atoms with Crippen molar-refractivity contribution in [3.8, 4) is 11.5 Å². The summed E-state index contributed by atoms with van der Waals surface area (Å²) in [6.07, 6.45) is 3.73. The Bertz CT molecular complexity index is 548. The van der Waals surface area contributed by atoms with E-state index in [1.807, 2.05) is 0 Å². The summed E-state index contributed by atoms with van der Waals surface area (Å²) < 4.78 is 20.1. The van der Waals surface area contributed by atoms with Crippen molar-refractivity contribution in [1.82, 2.24) is 4.98 Å². The highest BCUT2D eigenvalue weighted by Crippen LogP contribution is 2.29. The lowest BCUT2D eigenvalue weighted by Crippen LogP contribution is -2.05. The third kappa shape index (κ3) is 3.05. The van der Waals surface area contributed by atoms with E-state index < -0.39 is 5.82 Å². The maximum atomic E-state index is 13.8. The summed E-state index contributed by atoms with van der Waals surface area (Å²) in [6.45, 7) is 0.441. The molecule has 0 aliphatic heterocycles. The molecule has 18 heavy (non-hydrogen) atoms. The van der Waals surface area contributed by atoms with Crippen molar-refractivity contribution in [2.75, 3.05) is 6.54 Å². The third-order valence-electron chi connectivity index (χ3n) is 2.36. The van der Waals surface area contributed by atoms with Crippen LogP contribution in [0.2, 0.25) is 0 Å². The fourth-order valence-electron chi connectivity index (χ4n) is 1.59. The minimum absolute atomic E-state index is 0.211. The van der Waals surface area contributed by atoms with Crippen LogP contribution in [-0.2, 0) is 6.42 Å². The summed E-state index contributed by atoms with van der Waals surface area (Å²) in [6, 6.07) is 6.54. The Hall–Kier alpha value is -1.46. The van der Waals surface area contributed by atoms with Gasteiger partial charge in [-0.1, -0.05) is 12.1 Å². The average molecular weight is 311 g/mol. The zero-order valence-electron chi connectivity index (χ0n) is 9.57. The van der Waals surface area contributed by atoms with Gasteiger partial charge in [-0.15, -0.1) is 0 Å². The number of aromatic nitrogens is 1. The van der Waals surface area contributed by atoms with Crippen molar-refractivity contribution in [1.29, 1.82) is 0 Å². The molecule has 1 heterocycles. The van der Waals surface area contributed by atoms with E-state index in [1.54, 1.807) is 24.4 Å². The van der Waals surface area contributed by atoms with Gasteiger partial charge in [0, 0.05) is 10.7 Å². The molecule has 3 nitrogen and oxygen atoms in total. The number of para-hydroxylation sites is 1. The number of nitrogens with two attached hydrogens (primary N) is 1. The molecular weight excluding hydrogens is 299 g/mol. The van der Waals surface area contributed by atoms with Crippen molar-refractivity contribution in [3.05, 3.63) is 52.5 Å². The van der Waals surface area contributed by atoms with Crippen LogP contribution in [0.15, 0.2) is 41.1 Å². The minimum Gasteiger partial charge on any atom is -0.452 e. The molecule has 2 aromatic rings. The van der Waals surface area contributed by atoms with Crippen molar-refractivity contribution in [2.45, 2.75) is 6.42 Å². The zero-order valence-corrected chi connectivity index (χ0v) is 11.2. The number of ether oxygens (including phenoxy) is 1. The Morgan fingerprint density at radius 2 is 2.17 bits per heavy atom. The highest BCUT2D eigenvalue weighted by atomic mass is 79.9. The van der Waals surface area contributed by atoms with Gasteiger partial charge in [0.15, 0.2) is 11.6 Å². The number of hydrogen-bond acceptors (Lipinski definition) is 3. The SMILES string of the molecule is NCCc1cccc(F)c1Oc1cncc(Br)c1. The van der Waals surface area contributed by atoms with Crippen molar-refractivity contribution in [3.63, 3.8) is 0 Å². The number of benzene rings is 1. The molecule has 0 radical (unpaired) electrons. The van der Waals surface area contributed by atoms with E-state index >= 15 is 0 Å². The van der Waals surface area contributed by atoms with Gasteiger partial charge < -0.3 is 10.5 Å². The number of nitrogens with zero attached hydrogens (tertiary/aromatic N) is 1. The van der Waals surface area contributed by atoms with Gasteiger partial charge in [0.05, 0.1) is 6.20 Å². The van der Waals surface area contributed by atoms with Crippen molar-refractivity contribution < 1.29 is 9.13 Å². The van der Waals surface area contributed by atoms with Crippen LogP contribution in [0.1, 0.15) is 5.56 Å². The average Bonchev–Trinajstić information content (AvgIpc) is 2.34. The first-order chi connectivity index (χ1) is 8.70. The van der Waals surface area contributed by atoms with Crippen LogP contribution in [0.4, 0.5) is 4.39 Å². The first-order valence-corrected chi connectivity index (χ1v) is 6.26. The van der Waals surface area contributed by atoms with Crippen LogP contribution < -0.4 is 10.5 Å². The monoisotopic (exact) mass is 310 g/mol. The molecule has 0 amide bonds. The van der Waals surface area contributed by atoms with Crippen molar-refractivity contribution in [2.24, 2.45) is 5.73 Å². The van der Waals surface area contributed by atoms with Gasteiger partial charge in [0.1, 0.15) is 5.75 Å². The summed E-state index contributed by atoms with van der Waals surface area (Å²) in [5, 5.41) is 0. The lowest BCUT2D eigenvalue weighted by Gasteiger charge is -2.11. The third-order valence-corrected chi connectivity index (χ3v) is 2.80. The molecule has 2 N–H and O–H groups in total. The molecule has 0 saturated heterocycles. The van der Waals surface area contributed by atoms with Gasteiger partial charge in [0.25, 0.3) is 0 Å². The zero-order chi connectivity index (χ0) is 13.0. The fraction of sp³-hybridized carbons (Fsp3) is 0.154. The predicted molar refractivity (Wildman–Crippen MR) is 71.2 cm³/mol. The van der Waals surface area contributed by atoms with Crippen LogP contribution in [-0.4, -0.2) is 11.5 Å². The van der Waals surface area contributed by atoms with E-state index in [9.17, 15) is 4.39 Å². The molecule has 0 bridgehead atoms. The summed E-state index contributed by atoms with van der Waals surface area (Å²) in [4.78, 5) is 3.97. The number of hydrogen-bond donors (Lipinski definition) is 1. The topological polar surface area (TPSA) is 48.1 Å². The first-order valence-electron chi connectivity index (χ1n) is 5.46. The van der Waals surface area contributed by atoms with Crippen LogP contribution in [0.5, 0.6) is 11.5 Å². The second-order valence-electron chi connectivity index (χ2n) is 3.71.